The highest BCUT2D eigenvalue weighted by molar-refractivity contribution is 5.96. The van der Waals surface area contributed by atoms with Crippen molar-refractivity contribution in [2.75, 3.05) is 5.43 Å². The van der Waals surface area contributed by atoms with Gasteiger partial charge in [-0.05, 0) is 23.8 Å². The fourth-order valence-corrected chi connectivity index (χ4v) is 2.43. The normalized spacial score (nSPS) is 16.7. The van der Waals surface area contributed by atoms with Gasteiger partial charge in [0.2, 0.25) is 5.95 Å². The first-order valence-electron chi connectivity index (χ1n) is 6.77. The minimum atomic E-state index is 0.109. The molecule has 1 aliphatic rings. The molecule has 0 spiro atoms. The van der Waals surface area contributed by atoms with Crippen molar-refractivity contribution in [1.29, 1.82) is 0 Å². The Hall–Kier alpha value is -2.95. The number of aliphatic imine (C=N–C) groups is 1. The van der Waals surface area contributed by atoms with Crippen molar-refractivity contribution in [1.82, 2.24) is 9.97 Å². The third-order valence-electron chi connectivity index (χ3n) is 3.47. The van der Waals surface area contributed by atoms with Crippen LogP contribution in [0.4, 0.5) is 11.6 Å². The van der Waals surface area contributed by atoms with Gasteiger partial charge in [0, 0.05) is 12.4 Å². The number of nitrogens with zero attached hydrogens (tertiary/aromatic N) is 3. The Morgan fingerprint density at radius 2 is 1.95 bits per heavy atom. The van der Waals surface area contributed by atoms with Crippen molar-refractivity contribution in [3.8, 4) is 0 Å². The Bertz CT molecular complexity index is 814. The number of benzene rings is 2. The molecule has 1 aromatic heterocycles. The first-order valence-corrected chi connectivity index (χ1v) is 6.77. The Labute approximate surface area is 121 Å². The quantitative estimate of drug-likeness (QED) is 0.568. The van der Waals surface area contributed by atoms with Crippen molar-refractivity contribution in [2.24, 2.45) is 10.1 Å². The lowest BCUT2D eigenvalue weighted by Crippen LogP contribution is -2.00. The third kappa shape index (κ3) is 2.18. The van der Waals surface area contributed by atoms with Crippen LogP contribution in [0.2, 0.25) is 0 Å². The first-order chi connectivity index (χ1) is 10.4. The van der Waals surface area contributed by atoms with Crippen LogP contribution in [0.1, 0.15) is 11.5 Å². The van der Waals surface area contributed by atoms with E-state index in [-0.39, 0.29) is 5.92 Å². The lowest BCUT2D eigenvalue weighted by Gasteiger charge is -2.02. The van der Waals surface area contributed by atoms with E-state index in [0.29, 0.717) is 5.95 Å². The molecular formula is C16H13N5. The zero-order chi connectivity index (χ0) is 14.1. The van der Waals surface area contributed by atoms with E-state index in [2.05, 4.69) is 31.6 Å². The molecule has 102 valence electrons. The van der Waals surface area contributed by atoms with Crippen molar-refractivity contribution < 1.29 is 0 Å². The van der Waals surface area contributed by atoms with Crippen LogP contribution < -0.4 is 5.43 Å². The summed E-state index contributed by atoms with van der Waals surface area (Å²) < 4.78 is 0. The number of imidazole rings is 1. The average Bonchev–Trinajstić information content (AvgIpc) is 3.11. The van der Waals surface area contributed by atoms with Crippen LogP contribution in [0.25, 0.3) is 11.0 Å². The smallest absolute Gasteiger partial charge is 0.222 e. The number of hydrogen-bond donors (Lipinski definition) is 2. The first kappa shape index (κ1) is 11.8. The summed E-state index contributed by atoms with van der Waals surface area (Å²) in [5.74, 6) is 0.744. The van der Waals surface area contributed by atoms with E-state index >= 15 is 0 Å². The number of nitrogens with one attached hydrogen (secondary N) is 2. The molecule has 0 bridgehead atoms. The van der Waals surface area contributed by atoms with Crippen molar-refractivity contribution >= 4 is 35.1 Å². The number of aromatic amines is 1. The summed E-state index contributed by atoms with van der Waals surface area (Å²) in [4.78, 5) is 12.0. The molecule has 21 heavy (non-hydrogen) atoms. The second kappa shape index (κ2) is 4.86. The molecule has 0 saturated carbocycles. The largest absolute Gasteiger partial charge is 0.323 e. The van der Waals surface area contributed by atoms with Crippen LogP contribution >= 0.6 is 0 Å². The molecule has 1 unspecified atom stereocenters. The van der Waals surface area contributed by atoms with Gasteiger partial charge in [0.25, 0.3) is 0 Å². The molecule has 0 saturated heterocycles. The third-order valence-corrected chi connectivity index (χ3v) is 3.47. The monoisotopic (exact) mass is 275 g/mol. The maximum Gasteiger partial charge on any atom is 0.222 e. The topological polar surface area (TPSA) is 65.4 Å². The van der Waals surface area contributed by atoms with E-state index in [9.17, 15) is 0 Å². The molecule has 0 amide bonds. The van der Waals surface area contributed by atoms with Crippen molar-refractivity contribution in [2.45, 2.75) is 5.92 Å². The lowest BCUT2D eigenvalue weighted by molar-refractivity contribution is 1.19. The van der Waals surface area contributed by atoms with Crippen molar-refractivity contribution in [3.63, 3.8) is 0 Å². The van der Waals surface area contributed by atoms with E-state index in [1.807, 2.05) is 54.9 Å². The van der Waals surface area contributed by atoms with Crippen LogP contribution in [0.15, 0.2) is 58.6 Å². The van der Waals surface area contributed by atoms with Gasteiger partial charge in [-0.1, -0.05) is 30.3 Å². The van der Waals surface area contributed by atoms with E-state index in [4.69, 9.17) is 0 Å². The molecule has 2 heterocycles. The van der Waals surface area contributed by atoms with Crippen molar-refractivity contribution in [3.05, 3.63) is 54.1 Å². The molecule has 2 N–H and O–H groups in total. The van der Waals surface area contributed by atoms with Gasteiger partial charge in [-0.15, -0.1) is 0 Å². The molecule has 1 atom stereocenters. The summed E-state index contributed by atoms with van der Waals surface area (Å²) >= 11 is 0. The molecule has 4 rings (SSSR count). The van der Waals surface area contributed by atoms with Gasteiger partial charge >= 0.3 is 0 Å². The lowest BCUT2D eigenvalue weighted by atomic mass is 10.0. The van der Waals surface area contributed by atoms with Gasteiger partial charge in [-0.2, -0.15) is 5.10 Å². The SMILES string of the molecule is C1=Nc2ccccc2C1/C=N/Nc1nc2ccccc2[nH]1. The van der Waals surface area contributed by atoms with E-state index < -0.39 is 0 Å². The number of rotatable bonds is 3. The highest BCUT2D eigenvalue weighted by Gasteiger charge is 2.15. The van der Waals surface area contributed by atoms with Gasteiger partial charge in [-0.25, -0.2) is 10.4 Å². The number of para-hydroxylation sites is 3. The highest BCUT2D eigenvalue weighted by atomic mass is 15.3. The molecule has 3 aromatic rings. The predicted molar refractivity (Wildman–Crippen MR) is 85.5 cm³/mol. The van der Waals surface area contributed by atoms with Gasteiger partial charge in [0.05, 0.1) is 22.6 Å². The summed E-state index contributed by atoms with van der Waals surface area (Å²) in [6, 6.07) is 16.0. The van der Waals surface area contributed by atoms with Gasteiger partial charge in [-0.3, -0.25) is 4.99 Å². The molecule has 0 fully saturated rings. The minimum Gasteiger partial charge on any atom is -0.323 e. The Morgan fingerprint density at radius 3 is 2.90 bits per heavy atom. The number of hydrazone groups is 1. The maximum atomic E-state index is 4.41. The van der Waals surface area contributed by atoms with Crippen LogP contribution in [0.5, 0.6) is 0 Å². The summed E-state index contributed by atoms with van der Waals surface area (Å²) in [5.41, 5.74) is 7.03. The van der Waals surface area contributed by atoms with Crippen LogP contribution in [-0.2, 0) is 0 Å². The van der Waals surface area contributed by atoms with Crippen LogP contribution in [0, 0.1) is 0 Å². The second-order valence-corrected chi connectivity index (χ2v) is 4.86. The number of anilines is 1. The molecule has 1 aliphatic heterocycles. The van der Waals surface area contributed by atoms with Crippen LogP contribution in [0.3, 0.4) is 0 Å². The Kier molecular flexibility index (Phi) is 2.74. The fraction of sp³-hybridized carbons (Fsp3) is 0.0625. The zero-order valence-corrected chi connectivity index (χ0v) is 11.2. The average molecular weight is 275 g/mol. The van der Waals surface area contributed by atoms with E-state index in [0.717, 1.165) is 16.7 Å². The fourth-order valence-electron chi connectivity index (χ4n) is 2.43. The van der Waals surface area contributed by atoms with Gasteiger partial charge in [0.15, 0.2) is 0 Å². The standard InChI is InChI=1S/C16H13N5/c1-2-6-13-12(5-1)11(9-17-13)10-18-21-16-19-14-7-3-4-8-15(14)20-16/h1-11H,(H2,19,20,21)/b18-10+. The zero-order valence-electron chi connectivity index (χ0n) is 11.2. The summed E-state index contributed by atoms with van der Waals surface area (Å²) in [5, 5.41) is 4.26. The summed E-state index contributed by atoms with van der Waals surface area (Å²) in [6.07, 6.45) is 3.73. The second-order valence-electron chi connectivity index (χ2n) is 4.86. The summed E-state index contributed by atoms with van der Waals surface area (Å²) in [6.45, 7) is 0. The molecule has 2 aromatic carbocycles. The molecule has 5 heteroatoms. The predicted octanol–water partition coefficient (Wildman–Crippen LogP) is 3.46. The number of aromatic nitrogens is 2. The van der Waals surface area contributed by atoms with Gasteiger partial charge < -0.3 is 4.98 Å². The maximum absolute atomic E-state index is 4.41. The molecule has 5 nitrogen and oxygen atoms in total. The Morgan fingerprint density at radius 1 is 1.10 bits per heavy atom. The Balaban J connectivity index is 1.51. The van der Waals surface area contributed by atoms with E-state index in [1.54, 1.807) is 0 Å². The number of H-pyrrole nitrogens is 1. The number of hydrogen-bond acceptors (Lipinski definition) is 4. The van der Waals surface area contributed by atoms with E-state index in [1.165, 1.54) is 5.56 Å². The van der Waals surface area contributed by atoms with Gasteiger partial charge in [0.1, 0.15) is 0 Å². The molecule has 0 aliphatic carbocycles. The highest BCUT2D eigenvalue weighted by Crippen LogP contribution is 2.30. The molecular weight excluding hydrogens is 262 g/mol. The minimum absolute atomic E-state index is 0.109. The van der Waals surface area contributed by atoms with Crippen LogP contribution in [-0.4, -0.2) is 22.4 Å². The summed E-state index contributed by atoms with van der Waals surface area (Å²) in [7, 11) is 0. The number of fused-ring (bicyclic) bond motifs is 2. The molecule has 0 radical (unpaired) electrons.